The topological polar surface area (TPSA) is 69.2 Å². The van der Waals surface area contributed by atoms with E-state index < -0.39 is 4.92 Å². The van der Waals surface area contributed by atoms with Crippen LogP contribution in [0.3, 0.4) is 0 Å². The minimum Gasteiger partial charge on any atom is -0.326 e. The minimum absolute atomic E-state index is 0.0784. The molecule has 0 atom stereocenters. The molecule has 0 unspecified atom stereocenters. The first-order valence-corrected chi connectivity index (χ1v) is 4.49. The van der Waals surface area contributed by atoms with Crippen LogP contribution >= 0.6 is 15.9 Å². The molecule has 0 saturated carbocycles. The molecule has 0 radical (unpaired) electrons. The highest BCUT2D eigenvalue weighted by atomic mass is 79.9. The molecule has 70 valence electrons. The summed E-state index contributed by atoms with van der Waals surface area (Å²) < 4.78 is 0.476. The first-order chi connectivity index (χ1) is 6.06. The quantitative estimate of drug-likeness (QED) is 0.640. The van der Waals surface area contributed by atoms with E-state index in [2.05, 4.69) is 15.9 Å². The van der Waals surface area contributed by atoms with E-state index >= 15 is 0 Å². The molecule has 0 aromatic heterocycles. The average molecular weight is 245 g/mol. The summed E-state index contributed by atoms with van der Waals surface area (Å²) in [6.45, 7) is 2.20. The van der Waals surface area contributed by atoms with Gasteiger partial charge >= 0.3 is 0 Å². The number of hydrogen-bond donors (Lipinski definition) is 1. The van der Waals surface area contributed by atoms with Gasteiger partial charge in [-0.25, -0.2) is 0 Å². The van der Waals surface area contributed by atoms with Gasteiger partial charge in [-0.3, -0.25) is 10.1 Å². The highest BCUT2D eigenvalue weighted by Crippen LogP contribution is 2.27. The third-order valence-electron chi connectivity index (χ3n) is 1.82. The molecule has 0 fully saturated rings. The Balaban J connectivity index is 3.28. The third-order valence-corrected chi connectivity index (χ3v) is 2.46. The minimum atomic E-state index is -0.419. The van der Waals surface area contributed by atoms with Gasteiger partial charge in [0.1, 0.15) is 0 Å². The number of nitrogens with zero attached hydrogens (tertiary/aromatic N) is 1. The number of benzene rings is 1. The Morgan fingerprint density at radius 2 is 2.23 bits per heavy atom. The fourth-order valence-electron chi connectivity index (χ4n) is 1.07. The van der Waals surface area contributed by atoms with Crippen molar-refractivity contribution < 1.29 is 4.92 Å². The maximum Gasteiger partial charge on any atom is 0.283 e. The molecule has 4 nitrogen and oxygen atoms in total. The van der Waals surface area contributed by atoms with Gasteiger partial charge in [-0.15, -0.1) is 0 Å². The fourth-order valence-corrected chi connectivity index (χ4v) is 1.60. The molecule has 1 aromatic carbocycles. The summed E-state index contributed by atoms with van der Waals surface area (Å²) in [5.41, 5.74) is 7.29. The van der Waals surface area contributed by atoms with Crippen LogP contribution in [-0.2, 0) is 6.54 Å². The van der Waals surface area contributed by atoms with Crippen molar-refractivity contribution in [3.63, 3.8) is 0 Å². The van der Waals surface area contributed by atoms with Gasteiger partial charge in [0.15, 0.2) is 0 Å². The molecule has 0 amide bonds. The fraction of sp³-hybridized carbons (Fsp3) is 0.250. The maximum absolute atomic E-state index is 10.5. The molecule has 0 spiro atoms. The lowest BCUT2D eigenvalue weighted by Crippen LogP contribution is -2.00. The van der Waals surface area contributed by atoms with Crippen molar-refractivity contribution in [1.29, 1.82) is 0 Å². The maximum atomic E-state index is 10.5. The molecular formula is C8H9BrN2O2. The summed E-state index contributed by atoms with van der Waals surface area (Å²) in [7, 11) is 0. The van der Waals surface area contributed by atoms with E-state index in [1.807, 2.05) is 6.92 Å². The predicted molar refractivity (Wildman–Crippen MR) is 53.4 cm³/mol. The molecule has 0 aliphatic heterocycles. The molecule has 0 aliphatic carbocycles. The Morgan fingerprint density at radius 3 is 2.69 bits per heavy atom. The van der Waals surface area contributed by atoms with Gasteiger partial charge < -0.3 is 5.73 Å². The number of nitrogens with two attached hydrogens (primary N) is 1. The Bertz CT molecular complexity index is 352. The van der Waals surface area contributed by atoms with Crippen molar-refractivity contribution in [1.82, 2.24) is 0 Å². The monoisotopic (exact) mass is 244 g/mol. The molecule has 13 heavy (non-hydrogen) atoms. The lowest BCUT2D eigenvalue weighted by molar-refractivity contribution is -0.385. The first-order valence-electron chi connectivity index (χ1n) is 3.69. The second-order valence-corrected chi connectivity index (χ2v) is 3.55. The third kappa shape index (κ3) is 2.05. The average Bonchev–Trinajstić information content (AvgIpc) is 2.07. The van der Waals surface area contributed by atoms with Gasteiger partial charge in [0.05, 0.1) is 9.40 Å². The van der Waals surface area contributed by atoms with Crippen LogP contribution in [0, 0.1) is 17.0 Å². The van der Waals surface area contributed by atoms with Crippen molar-refractivity contribution >= 4 is 21.6 Å². The lowest BCUT2D eigenvalue weighted by Gasteiger charge is -2.03. The molecule has 5 heteroatoms. The van der Waals surface area contributed by atoms with Gasteiger partial charge in [-0.05, 0) is 40.0 Å². The number of hydrogen-bond acceptors (Lipinski definition) is 3. The Hall–Kier alpha value is -0.940. The molecule has 0 heterocycles. The zero-order valence-corrected chi connectivity index (χ0v) is 8.67. The highest BCUT2D eigenvalue weighted by Gasteiger charge is 2.13. The van der Waals surface area contributed by atoms with Gasteiger partial charge in [0.25, 0.3) is 5.69 Å². The number of halogens is 1. The Labute approximate surface area is 84.0 Å². The predicted octanol–water partition coefficient (Wildman–Crippen LogP) is 2.12. The van der Waals surface area contributed by atoms with E-state index in [9.17, 15) is 10.1 Å². The summed E-state index contributed by atoms with van der Waals surface area (Å²) in [5.74, 6) is 0. The second kappa shape index (κ2) is 3.85. The van der Waals surface area contributed by atoms with Crippen LogP contribution in [-0.4, -0.2) is 4.92 Å². The number of rotatable bonds is 2. The van der Waals surface area contributed by atoms with E-state index in [1.54, 1.807) is 6.07 Å². The van der Waals surface area contributed by atoms with Crippen molar-refractivity contribution in [3.05, 3.63) is 37.8 Å². The molecule has 0 aliphatic rings. The zero-order chi connectivity index (χ0) is 10.0. The summed E-state index contributed by atoms with van der Waals surface area (Å²) in [5, 5.41) is 10.5. The lowest BCUT2D eigenvalue weighted by atomic mass is 10.1. The van der Waals surface area contributed by atoms with Crippen LogP contribution in [0.2, 0.25) is 0 Å². The zero-order valence-electron chi connectivity index (χ0n) is 7.08. The van der Waals surface area contributed by atoms with Gasteiger partial charge in [0, 0.05) is 12.6 Å². The summed E-state index contributed by atoms with van der Waals surface area (Å²) in [6, 6.07) is 3.21. The number of nitro benzene ring substituents is 1. The van der Waals surface area contributed by atoms with Crippen molar-refractivity contribution in [2.24, 2.45) is 5.73 Å². The van der Waals surface area contributed by atoms with E-state index in [0.717, 1.165) is 11.1 Å². The highest BCUT2D eigenvalue weighted by molar-refractivity contribution is 9.10. The van der Waals surface area contributed by atoms with Crippen LogP contribution < -0.4 is 5.73 Å². The van der Waals surface area contributed by atoms with Crippen molar-refractivity contribution in [2.45, 2.75) is 13.5 Å². The Morgan fingerprint density at radius 1 is 1.62 bits per heavy atom. The first kappa shape index (κ1) is 10.1. The summed E-state index contributed by atoms with van der Waals surface area (Å²) in [6.07, 6.45) is 0. The summed E-state index contributed by atoms with van der Waals surface area (Å²) in [4.78, 5) is 10.1. The van der Waals surface area contributed by atoms with E-state index in [-0.39, 0.29) is 5.69 Å². The molecule has 2 N–H and O–H groups in total. The molecular weight excluding hydrogens is 236 g/mol. The number of nitro groups is 1. The molecule has 0 saturated heterocycles. The van der Waals surface area contributed by atoms with Crippen LogP contribution in [0.5, 0.6) is 0 Å². The number of aryl methyl sites for hydroxylation is 1. The normalized spacial score (nSPS) is 10.1. The van der Waals surface area contributed by atoms with Gasteiger partial charge in [-0.1, -0.05) is 0 Å². The van der Waals surface area contributed by atoms with E-state index in [0.29, 0.717) is 11.0 Å². The molecule has 1 aromatic rings. The van der Waals surface area contributed by atoms with Crippen LogP contribution in [0.15, 0.2) is 16.6 Å². The summed E-state index contributed by atoms with van der Waals surface area (Å²) >= 11 is 3.13. The van der Waals surface area contributed by atoms with E-state index in [1.165, 1.54) is 6.07 Å². The second-order valence-electron chi connectivity index (χ2n) is 2.69. The van der Waals surface area contributed by atoms with E-state index in [4.69, 9.17) is 5.73 Å². The standard InChI is InChI=1S/C8H9BrN2O2/c1-5-2-8(11(12)13)7(9)3-6(5)4-10/h2-3H,4,10H2,1H3. The largest absolute Gasteiger partial charge is 0.326 e. The molecule has 1 rings (SSSR count). The van der Waals surface area contributed by atoms with Crippen molar-refractivity contribution in [3.8, 4) is 0 Å². The van der Waals surface area contributed by atoms with Crippen molar-refractivity contribution in [2.75, 3.05) is 0 Å². The Kier molecular flexibility index (Phi) is 3.00. The SMILES string of the molecule is Cc1cc([N+](=O)[O-])c(Br)cc1CN. The van der Waals surface area contributed by atoms with Crippen LogP contribution in [0.1, 0.15) is 11.1 Å². The van der Waals surface area contributed by atoms with Gasteiger partial charge in [-0.2, -0.15) is 0 Å². The smallest absolute Gasteiger partial charge is 0.283 e. The van der Waals surface area contributed by atoms with Crippen LogP contribution in [0.4, 0.5) is 5.69 Å². The molecule has 0 bridgehead atoms. The van der Waals surface area contributed by atoms with Crippen LogP contribution in [0.25, 0.3) is 0 Å². The van der Waals surface area contributed by atoms with Gasteiger partial charge in [0.2, 0.25) is 0 Å².